The summed E-state index contributed by atoms with van der Waals surface area (Å²) in [6, 6.07) is 8.24. The lowest BCUT2D eigenvalue weighted by Gasteiger charge is -2.06. The van der Waals surface area contributed by atoms with Gasteiger partial charge in [-0.05, 0) is 36.5 Å². The summed E-state index contributed by atoms with van der Waals surface area (Å²) in [5.74, 6) is 0.717. The number of benzene rings is 1. The molecule has 1 heterocycles. The number of aromatic nitrogens is 2. The molecule has 1 aliphatic carbocycles. The van der Waals surface area contributed by atoms with Crippen LogP contribution in [0.3, 0.4) is 0 Å². The number of carbonyl (C=O) groups is 1. The maximum atomic E-state index is 12.1. The number of amides is 1. The Morgan fingerprint density at radius 2 is 2.38 bits per heavy atom. The number of hydrogen-bond donors (Lipinski definition) is 1. The van der Waals surface area contributed by atoms with Crippen molar-refractivity contribution < 1.29 is 4.79 Å². The molecule has 1 aromatic carbocycles. The summed E-state index contributed by atoms with van der Waals surface area (Å²) in [4.78, 5) is 16.1. The normalized spacial score (nSPS) is 20.2. The lowest BCUT2D eigenvalue weighted by Crippen LogP contribution is -2.27. The minimum atomic E-state index is 0.146. The van der Waals surface area contributed by atoms with E-state index in [9.17, 15) is 4.79 Å². The zero-order valence-corrected chi connectivity index (χ0v) is 13.3. The number of nitrogens with one attached hydrogen (secondary N) is 1. The van der Waals surface area contributed by atoms with Crippen LogP contribution >= 0.6 is 15.9 Å². The van der Waals surface area contributed by atoms with Gasteiger partial charge in [-0.1, -0.05) is 28.1 Å². The van der Waals surface area contributed by atoms with Crippen molar-refractivity contribution in [2.45, 2.75) is 25.3 Å². The first kappa shape index (κ1) is 14.3. The molecule has 1 N–H and O–H groups in total. The molecule has 0 aliphatic heterocycles. The van der Waals surface area contributed by atoms with Gasteiger partial charge >= 0.3 is 0 Å². The Balaban J connectivity index is 1.41. The van der Waals surface area contributed by atoms with Crippen molar-refractivity contribution in [2.75, 3.05) is 6.54 Å². The Bertz CT molecular complexity index is 612. The van der Waals surface area contributed by atoms with E-state index in [1.807, 2.05) is 22.9 Å². The second-order valence-electron chi connectivity index (χ2n) is 5.45. The van der Waals surface area contributed by atoms with E-state index in [0.29, 0.717) is 5.92 Å². The Labute approximate surface area is 132 Å². The highest BCUT2D eigenvalue weighted by Crippen LogP contribution is 2.47. The van der Waals surface area contributed by atoms with Gasteiger partial charge in [0.05, 0.1) is 6.33 Å². The number of nitrogens with zero attached hydrogens (tertiary/aromatic N) is 2. The van der Waals surface area contributed by atoms with Crippen molar-refractivity contribution >= 4 is 21.8 Å². The summed E-state index contributed by atoms with van der Waals surface area (Å²) in [7, 11) is 0. The van der Waals surface area contributed by atoms with E-state index < -0.39 is 0 Å². The first-order chi connectivity index (χ1) is 10.2. The molecule has 21 heavy (non-hydrogen) atoms. The first-order valence-corrected chi connectivity index (χ1v) is 8.02. The van der Waals surface area contributed by atoms with E-state index in [1.165, 1.54) is 5.56 Å². The molecule has 1 fully saturated rings. The fourth-order valence-electron chi connectivity index (χ4n) is 2.61. The highest BCUT2D eigenvalue weighted by Gasteiger charge is 2.43. The molecule has 1 aliphatic rings. The quantitative estimate of drug-likeness (QED) is 0.816. The second-order valence-corrected chi connectivity index (χ2v) is 6.36. The van der Waals surface area contributed by atoms with E-state index in [-0.39, 0.29) is 11.8 Å². The summed E-state index contributed by atoms with van der Waals surface area (Å²) in [5, 5.41) is 3.04. The fourth-order valence-corrected chi connectivity index (χ4v) is 3.03. The molecule has 1 saturated carbocycles. The molecule has 0 radical (unpaired) electrons. The maximum absolute atomic E-state index is 12.1. The number of carbonyl (C=O) groups excluding carboxylic acids is 1. The topological polar surface area (TPSA) is 46.9 Å². The van der Waals surface area contributed by atoms with Crippen LogP contribution in [0.4, 0.5) is 0 Å². The van der Waals surface area contributed by atoms with Crippen LogP contribution in [0.15, 0.2) is 47.5 Å². The van der Waals surface area contributed by atoms with Crippen LogP contribution in [0.5, 0.6) is 0 Å². The predicted molar refractivity (Wildman–Crippen MR) is 84.8 cm³/mol. The smallest absolute Gasteiger partial charge is 0.223 e. The van der Waals surface area contributed by atoms with E-state index in [2.05, 4.69) is 38.4 Å². The van der Waals surface area contributed by atoms with Crippen LogP contribution < -0.4 is 5.32 Å². The van der Waals surface area contributed by atoms with Gasteiger partial charge in [0.25, 0.3) is 0 Å². The van der Waals surface area contributed by atoms with E-state index >= 15 is 0 Å². The lowest BCUT2D eigenvalue weighted by molar-refractivity contribution is -0.122. The van der Waals surface area contributed by atoms with Gasteiger partial charge in [-0.3, -0.25) is 4.79 Å². The fraction of sp³-hybridized carbons (Fsp3) is 0.375. The van der Waals surface area contributed by atoms with Crippen molar-refractivity contribution in [2.24, 2.45) is 5.92 Å². The molecule has 2 atom stereocenters. The molecular weight excluding hydrogens is 330 g/mol. The number of halogens is 1. The minimum absolute atomic E-state index is 0.146. The molecule has 1 amide bonds. The standard InChI is InChI=1S/C16H18BrN3O/c17-13-4-1-3-12(9-13)14-10-15(14)16(21)19-5-2-7-20-8-6-18-11-20/h1,3-4,6,8-9,11,14-15H,2,5,7,10H2,(H,19,21)/t14-,15+/m1/s1. The van der Waals surface area contributed by atoms with Crippen LogP contribution in [-0.4, -0.2) is 22.0 Å². The molecule has 5 heteroatoms. The van der Waals surface area contributed by atoms with Gasteiger partial charge in [0.1, 0.15) is 0 Å². The van der Waals surface area contributed by atoms with E-state index in [0.717, 1.165) is 30.4 Å². The highest BCUT2D eigenvalue weighted by atomic mass is 79.9. The SMILES string of the molecule is O=C(NCCCn1ccnc1)[C@H]1C[C@@H]1c1cccc(Br)c1. The van der Waals surface area contributed by atoms with Crippen molar-refractivity contribution in [3.05, 3.63) is 53.0 Å². The van der Waals surface area contributed by atoms with Gasteiger partial charge in [0, 0.05) is 35.9 Å². The van der Waals surface area contributed by atoms with Gasteiger partial charge in [-0.15, -0.1) is 0 Å². The number of hydrogen-bond acceptors (Lipinski definition) is 2. The van der Waals surface area contributed by atoms with Crippen molar-refractivity contribution in [3.63, 3.8) is 0 Å². The summed E-state index contributed by atoms with van der Waals surface area (Å²) < 4.78 is 3.10. The Morgan fingerprint density at radius 3 is 3.14 bits per heavy atom. The molecule has 3 rings (SSSR count). The van der Waals surface area contributed by atoms with Crippen LogP contribution in [0.25, 0.3) is 0 Å². The third kappa shape index (κ3) is 3.73. The van der Waals surface area contributed by atoms with Gasteiger partial charge < -0.3 is 9.88 Å². The molecule has 4 nitrogen and oxygen atoms in total. The van der Waals surface area contributed by atoms with Gasteiger partial charge in [-0.2, -0.15) is 0 Å². The zero-order chi connectivity index (χ0) is 14.7. The Kier molecular flexibility index (Phi) is 4.39. The third-order valence-electron chi connectivity index (χ3n) is 3.86. The lowest BCUT2D eigenvalue weighted by atomic mass is 10.1. The molecule has 0 bridgehead atoms. The minimum Gasteiger partial charge on any atom is -0.356 e. The highest BCUT2D eigenvalue weighted by molar-refractivity contribution is 9.10. The second kappa shape index (κ2) is 6.43. The van der Waals surface area contributed by atoms with Crippen LogP contribution in [0.2, 0.25) is 0 Å². The average Bonchev–Trinajstić information content (AvgIpc) is 3.12. The maximum Gasteiger partial charge on any atom is 0.223 e. The summed E-state index contributed by atoms with van der Waals surface area (Å²) in [6.07, 6.45) is 7.39. The monoisotopic (exact) mass is 347 g/mol. The largest absolute Gasteiger partial charge is 0.356 e. The molecule has 0 spiro atoms. The molecule has 0 saturated heterocycles. The number of imidazole rings is 1. The number of rotatable bonds is 6. The Hall–Kier alpha value is -1.62. The zero-order valence-electron chi connectivity index (χ0n) is 11.7. The van der Waals surface area contributed by atoms with Crippen molar-refractivity contribution in [1.29, 1.82) is 0 Å². The third-order valence-corrected chi connectivity index (χ3v) is 4.35. The first-order valence-electron chi connectivity index (χ1n) is 7.23. The van der Waals surface area contributed by atoms with Crippen molar-refractivity contribution in [3.8, 4) is 0 Å². The van der Waals surface area contributed by atoms with E-state index in [4.69, 9.17) is 0 Å². The summed E-state index contributed by atoms with van der Waals surface area (Å²) >= 11 is 3.48. The van der Waals surface area contributed by atoms with Crippen LogP contribution in [0, 0.1) is 5.92 Å². The van der Waals surface area contributed by atoms with Gasteiger partial charge in [-0.25, -0.2) is 4.98 Å². The Morgan fingerprint density at radius 1 is 1.48 bits per heavy atom. The van der Waals surface area contributed by atoms with Gasteiger partial charge in [0.15, 0.2) is 0 Å². The predicted octanol–water partition coefficient (Wildman–Crippen LogP) is 2.96. The summed E-state index contributed by atoms with van der Waals surface area (Å²) in [5.41, 5.74) is 1.25. The summed E-state index contributed by atoms with van der Waals surface area (Å²) in [6.45, 7) is 1.61. The molecule has 110 valence electrons. The molecule has 2 aromatic rings. The molecular formula is C16H18BrN3O. The van der Waals surface area contributed by atoms with Crippen LogP contribution in [-0.2, 0) is 11.3 Å². The number of aryl methyl sites for hydroxylation is 1. The van der Waals surface area contributed by atoms with E-state index in [1.54, 1.807) is 12.5 Å². The van der Waals surface area contributed by atoms with Gasteiger partial charge in [0.2, 0.25) is 5.91 Å². The van der Waals surface area contributed by atoms with Crippen LogP contribution in [0.1, 0.15) is 24.3 Å². The average molecular weight is 348 g/mol. The molecule has 0 unspecified atom stereocenters. The molecule has 1 aromatic heterocycles. The van der Waals surface area contributed by atoms with Crippen molar-refractivity contribution in [1.82, 2.24) is 14.9 Å².